The Morgan fingerprint density at radius 2 is 1.92 bits per heavy atom. The topological polar surface area (TPSA) is 92.5 Å². The van der Waals surface area contributed by atoms with Crippen LogP contribution in [0.4, 0.5) is 5.82 Å². The van der Waals surface area contributed by atoms with Gasteiger partial charge in [0.2, 0.25) is 0 Å². The number of pyridine rings is 1. The molecule has 0 aliphatic carbocycles. The lowest BCUT2D eigenvalue weighted by molar-refractivity contribution is -0.129. The van der Waals surface area contributed by atoms with Gasteiger partial charge in [-0.1, -0.05) is 31.4 Å². The smallest absolute Gasteiger partial charge is 0.299 e. The Balaban J connectivity index is 1.47. The number of fused-ring (bicyclic) bond motifs is 1. The molecule has 0 spiro atoms. The van der Waals surface area contributed by atoms with Crippen LogP contribution >= 0.6 is 0 Å². The maximum absolute atomic E-state index is 12.9. The molecule has 4 heterocycles. The van der Waals surface area contributed by atoms with Crippen LogP contribution in [0.25, 0.3) is 16.8 Å². The molecule has 2 amide bonds. The molecule has 1 aliphatic rings. The largest absolute Gasteiger partial charge is 0.322 e. The molecule has 1 N–H and O–H groups in total. The number of piperidine rings is 1. The fourth-order valence-electron chi connectivity index (χ4n) is 5.23. The SMILES string of the molecule is CC#CC(=O)N1CCCCC1c1nc(-c2ccc(C(=O)Nc3cc(CCC)ccn3)cc2)c2c(C)nccn12. The Morgan fingerprint density at radius 3 is 2.69 bits per heavy atom. The molecule has 8 heteroatoms. The Kier molecular flexibility index (Phi) is 7.69. The van der Waals surface area contributed by atoms with Crippen molar-refractivity contribution < 1.29 is 9.59 Å². The summed E-state index contributed by atoms with van der Waals surface area (Å²) < 4.78 is 2.04. The highest BCUT2D eigenvalue weighted by Crippen LogP contribution is 2.35. The van der Waals surface area contributed by atoms with Crippen LogP contribution < -0.4 is 5.32 Å². The van der Waals surface area contributed by atoms with Gasteiger partial charge in [-0.25, -0.2) is 9.97 Å². The van der Waals surface area contributed by atoms with Crippen molar-refractivity contribution in [2.45, 2.75) is 58.9 Å². The molecule has 1 aliphatic heterocycles. The van der Waals surface area contributed by atoms with Crippen molar-refractivity contribution in [3.8, 4) is 23.1 Å². The highest BCUT2D eigenvalue weighted by molar-refractivity contribution is 6.04. The molecule has 0 saturated carbocycles. The highest BCUT2D eigenvalue weighted by Gasteiger charge is 2.31. The Bertz CT molecular complexity index is 1580. The van der Waals surface area contributed by atoms with Crippen LogP contribution in [-0.4, -0.2) is 42.6 Å². The van der Waals surface area contributed by atoms with E-state index in [4.69, 9.17) is 4.98 Å². The summed E-state index contributed by atoms with van der Waals surface area (Å²) in [5.74, 6) is 6.39. The second kappa shape index (κ2) is 11.5. The number of rotatable bonds is 6. The number of anilines is 1. The molecule has 5 rings (SSSR count). The first-order chi connectivity index (χ1) is 19.0. The highest BCUT2D eigenvalue weighted by atomic mass is 16.2. The molecule has 198 valence electrons. The number of hydrogen-bond acceptors (Lipinski definition) is 5. The molecule has 4 aromatic rings. The first-order valence-corrected chi connectivity index (χ1v) is 13.4. The molecule has 0 radical (unpaired) electrons. The van der Waals surface area contributed by atoms with E-state index in [2.05, 4.69) is 34.0 Å². The second-order valence-electron chi connectivity index (χ2n) is 9.77. The van der Waals surface area contributed by atoms with E-state index < -0.39 is 0 Å². The summed E-state index contributed by atoms with van der Waals surface area (Å²) in [5, 5.41) is 2.90. The van der Waals surface area contributed by atoms with Crippen molar-refractivity contribution in [2.24, 2.45) is 0 Å². The Labute approximate surface area is 228 Å². The predicted molar refractivity (Wildman–Crippen MR) is 151 cm³/mol. The van der Waals surface area contributed by atoms with E-state index in [0.717, 1.165) is 66.0 Å². The predicted octanol–water partition coefficient (Wildman–Crippen LogP) is 5.38. The van der Waals surface area contributed by atoms with E-state index in [1.54, 1.807) is 31.5 Å². The van der Waals surface area contributed by atoms with Crippen molar-refractivity contribution in [3.63, 3.8) is 0 Å². The van der Waals surface area contributed by atoms with Crippen molar-refractivity contribution in [2.75, 3.05) is 11.9 Å². The average Bonchev–Trinajstić information content (AvgIpc) is 3.34. The second-order valence-corrected chi connectivity index (χ2v) is 9.77. The molecule has 1 saturated heterocycles. The summed E-state index contributed by atoms with van der Waals surface area (Å²) in [5.41, 5.74) is 5.05. The van der Waals surface area contributed by atoms with Crippen LogP contribution in [0, 0.1) is 18.8 Å². The number of aryl methyl sites for hydroxylation is 2. The summed E-state index contributed by atoms with van der Waals surface area (Å²) >= 11 is 0. The lowest BCUT2D eigenvalue weighted by Crippen LogP contribution is -2.38. The molecule has 1 unspecified atom stereocenters. The van der Waals surface area contributed by atoms with Crippen LogP contribution in [0.3, 0.4) is 0 Å². The number of likely N-dealkylation sites (tertiary alicyclic amines) is 1. The van der Waals surface area contributed by atoms with Crippen molar-refractivity contribution in [1.29, 1.82) is 0 Å². The molecular formula is C31H32N6O2. The molecule has 39 heavy (non-hydrogen) atoms. The fraction of sp³-hybridized carbons (Fsp3) is 0.323. The minimum Gasteiger partial charge on any atom is -0.322 e. The number of carbonyl (C=O) groups is 2. The van der Waals surface area contributed by atoms with Gasteiger partial charge in [-0.2, -0.15) is 0 Å². The van der Waals surface area contributed by atoms with Gasteiger partial charge in [-0.05, 0) is 75.3 Å². The van der Waals surface area contributed by atoms with Gasteiger partial charge in [0.1, 0.15) is 11.6 Å². The summed E-state index contributed by atoms with van der Waals surface area (Å²) in [6, 6.07) is 11.1. The van der Waals surface area contributed by atoms with Gasteiger partial charge in [0.05, 0.1) is 22.9 Å². The summed E-state index contributed by atoms with van der Waals surface area (Å²) in [4.78, 5) is 41.5. The zero-order chi connectivity index (χ0) is 27.4. The van der Waals surface area contributed by atoms with E-state index in [9.17, 15) is 9.59 Å². The molecule has 0 bridgehead atoms. The van der Waals surface area contributed by atoms with Crippen molar-refractivity contribution in [1.82, 2.24) is 24.3 Å². The number of nitrogens with zero attached hydrogens (tertiary/aromatic N) is 5. The number of benzene rings is 1. The Hall–Kier alpha value is -4.51. The molecule has 8 nitrogen and oxygen atoms in total. The van der Waals surface area contributed by atoms with Crippen molar-refractivity contribution in [3.05, 3.63) is 77.6 Å². The van der Waals surface area contributed by atoms with Crippen LogP contribution in [0.5, 0.6) is 0 Å². The number of aromatic nitrogens is 4. The quantitative estimate of drug-likeness (QED) is 0.345. The lowest BCUT2D eigenvalue weighted by atomic mass is 10.0. The average molecular weight is 521 g/mol. The van der Waals surface area contributed by atoms with Gasteiger partial charge < -0.3 is 10.2 Å². The normalized spacial score (nSPS) is 15.1. The van der Waals surface area contributed by atoms with Crippen molar-refractivity contribution >= 4 is 23.1 Å². The minimum atomic E-state index is -0.218. The van der Waals surface area contributed by atoms with Gasteiger partial charge in [-0.15, -0.1) is 0 Å². The van der Waals surface area contributed by atoms with E-state index >= 15 is 0 Å². The van der Waals surface area contributed by atoms with Gasteiger partial charge >= 0.3 is 0 Å². The third kappa shape index (κ3) is 5.39. The zero-order valence-corrected chi connectivity index (χ0v) is 22.6. The monoisotopic (exact) mass is 520 g/mol. The summed E-state index contributed by atoms with van der Waals surface area (Å²) in [7, 11) is 0. The minimum absolute atomic E-state index is 0.170. The molecule has 1 fully saturated rings. The first-order valence-electron chi connectivity index (χ1n) is 13.4. The lowest BCUT2D eigenvalue weighted by Gasteiger charge is -2.33. The van der Waals surface area contributed by atoms with E-state index in [1.807, 2.05) is 46.7 Å². The Morgan fingerprint density at radius 1 is 1.10 bits per heavy atom. The first kappa shape index (κ1) is 26.1. The maximum atomic E-state index is 12.9. The number of carbonyl (C=O) groups excluding carboxylic acids is 2. The summed E-state index contributed by atoms with van der Waals surface area (Å²) in [6.07, 6.45) is 10.1. The van der Waals surface area contributed by atoms with E-state index in [1.165, 1.54) is 0 Å². The summed E-state index contributed by atoms with van der Waals surface area (Å²) in [6.45, 7) is 6.42. The van der Waals surface area contributed by atoms with Gasteiger partial charge in [0, 0.05) is 36.3 Å². The van der Waals surface area contributed by atoms with Crippen LogP contribution in [0.2, 0.25) is 0 Å². The zero-order valence-electron chi connectivity index (χ0n) is 22.6. The van der Waals surface area contributed by atoms with E-state index in [-0.39, 0.29) is 17.9 Å². The van der Waals surface area contributed by atoms with Gasteiger partial charge in [0.15, 0.2) is 0 Å². The number of amides is 2. The van der Waals surface area contributed by atoms with Gasteiger partial charge in [0.25, 0.3) is 11.8 Å². The van der Waals surface area contributed by atoms with Crippen LogP contribution in [0.1, 0.15) is 73.0 Å². The molecule has 1 aromatic carbocycles. The van der Waals surface area contributed by atoms with Gasteiger partial charge in [-0.3, -0.25) is 19.0 Å². The van der Waals surface area contributed by atoms with E-state index in [0.29, 0.717) is 17.9 Å². The maximum Gasteiger partial charge on any atom is 0.299 e. The molecule has 3 aromatic heterocycles. The third-order valence-corrected chi connectivity index (χ3v) is 7.08. The van der Waals surface area contributed by atoms with Crippen LogP contribution in [0.15, 0.2) is 55.0 Å². The van der Waals surface area contributed by atoms with Crippen LogP contribution in [-0.2, 0) is 11.2 Å². The molecular weight excluding hydrogens is 488 g/mol. The number of nitrogens with one attached hydrogen (secondary N) is 1. The standard InChI is InChI=1S/C31H32N6O2/c1-4-8-22-15-16-33-26(20-22)34-31(39)24-13-11-23(12-14-24)28-29-21(3)32-17-19-37(29)30(35-28)25-10-6-7-18-36(25)27(38)9-5-2/h11-17,19-20,25H,4,6-8,10,18H2,1-3H3,(H,33,34,39). The number of imidazole rings is 1. The number of hydrogen-bond donors (Lipinski definition) is 1. The molecule has 1 atom stereocenters. The fourth-order valence-corrected chi connectivity index (χ4v) is 5.23. The third-order valence-electron chi connectivity index (χ3n) is 7.08.